The highest BCUT2D eigenvalue weighted by Crippen LogP contribution is 2.37. The largest absolute Gasteiger partial charge is 0.377 e. The molecule has 3 atom stereocenters. The van der Waals surface area contributed by atoms with Crippen LogP contribution in [0.2, 0.25) is 0 Å². The van der Waals surface area contributed by atoms with Gasteiger partial charge in [-0.3, -0.25) is 9.78 Å². The Labute approximate surface area is 175 Å². The van der Waals surface area contributed by atoms with E-state index in [-0.39, 0.29) is 0 Å². The molecule has 3 unspecified atom stereocenters. The molecule has 3 fully saturated rings. The Kier molecular flexibility index (Phi) is 4.21. The van der Waals surface area contributed by atoms with Crippen molar-refractivity contribution in [2.75, 3.05) is 42.6 Å². The molecule has 9 heteroatoms. The van der Waals surface area contributed by atoms with E-state index in [0.717, 1.165) is 73.9 Å². The number of aromatic nitrogens is 5. The quantitative estimate of drug-likeness (QED) is 0.708. The predicted octanol–water partition coefficient (Wildman–Crippen LogP) is 1.95. The van der Waals surface area contributed by atoms with Crippen molar-refractivity contribution in [3.8, 4) is 11.4 Å². The molecule has 3 saturated heterocycles. The maximum absolute atomic E-state index is 6.06. The molecule has 9 nitrogen and oxygen atoms in total. The first-order valence-corrected chi connectivity index (χ1v) is 10.8. The molecule has 0 amide bonds. The monoisotopic (exact) mass is 409 g/mol. The summed E-state index contributed by atoms with van der Waals surface area (Å²) in [6.45, 7) is 6.32. The summed E-state index contributed by atoms with van der Waals surface area (Å²) < 4.78 is 13.7. The van der Waals surface area contributed by atoms with Gasteiger partial charge in [-0.15, -0.1) is 0 Å². The van der Waals surface area contributed by atoms with Crippen molar-refractivity contribution in [2.24, 2.45) is 7.05 Å². The summed E-state index contributed by atoms with van der Waals surface area (Å²) in [6.07, 6.45) is 4.73. The standard InChI is InChI=1S/C21H27N7O2/c1-13-12-29-8-7-28(13)17-9-18(27-10-14-3-4-15(11-27)30-14)23-20-19(16-5-6-22-24-16)25-26(2)21(17)20/h5-6,9,13-15H,3-4,7-8,10-12H2,1-2H3,(H,22,24). The van der Waals surface area contributed by atoms with Gasteiger partial charge in [-0.05, 0) is 25.8 Å². The lowest BCUT2D eigenvalue weighted by molar-refractivity contribution is 0.0302. The Morgan fingerprint density at radius 2 is 2.03 bits per heavy atom. The molecule has 0 aromatic carbocycles. The van der Waals surface area contributed by atoms with Crippen LogP contribution in [-0.2, 0) is 16.5 Å². The van der Waals surface area contributed by atoms with Gasteiger partial charge >= 0.3 is 0 Å². The number of hydrogen-bond acceptors (Lipinski definition) is 7. The molecular weight excluding hydrogens is 382 g/mol. The van der Waals surface area contributed by atoms with E-state index in [1.165, 1.54) is 5.69 Å². The molecule has 3 aliphatic heterocycles. The van der Waals surface area contributed by atoms with E-state index in [2.05, 4.69) is 33.0 Å². The Morgan fingerprint density at radius 1 is 1.20 bits per heavy atom. The van der Waals surface area contributed by atoms with Crippen LogP contribution in [0.4, 0.5) is 11.5 Å². The minimum atomic E-state index is 0.293. The number of aryl methyl sites for hydroxylation is 1. The first-order chi connectivity index (χ1) is 14.7. The van der Waals surface area contributed by atoms with Crippen molar-refractivity contribution in [3.05, 3.63) is 18.3 Å². The van der Waals surface area contributed by atoms with Gasteiger partial charge < -0.3 is 19.3 Å². The second-order valence-corrected chi connectivity index (χ2v) is 8.61. The van der Waals surface area contributed by atoms with E-state index in [1.54, 1.807) is 0 Å². The number of morpholine rings is 2. The third-order valence-corrected chi connectivity index (χ3v) is 6.54. The zero-order valence-corrected chi connectivity index (χ0v) is 17.4. The summed E-state index contributed by atoms with van der Waals surface area (Å²) in [6, 6.07) is 4.48. The topological polar surface area (TPSA) is 84.3 Å². The number of fused-ring (bicyclic) bond motifs is 3. The second-order valence-electron chi connectivity index (χ2n) is 8.61. The zero-order chi connectivity index (χ0) is 20.2. The minimum absolute atomic E-state index is 0.293. The molecule has 0 spiro atoms. The maximum Gasteiger partial charge on any atom is 0.139 e. The van der Waals surface area contributed by atoms with Gasteiger partial charge in [0.05, 0.1) is 31.1 Å². The molecule has 0 saturated carbocycles. The Balaban J connectivity index is 1.53. The van der Waals surface area contributed by atoms with Crippen LogP contribution in [0.15, 0.2) is 18.3 Å². The number of hydrogen-bond donors (Lipinski definition) is 1. The second kappa shape index (κ2) is 6.95. The Bertz CT molecular complexity index is 1050. The van der Waals surface area contributed by atoms with Crippen LogP contribution in [-0.4, -0.2) is 76.1 Å². The lowest BCUT2D eigenvalue weighted by atomic mass is 10.1. The molecule has 158 valence electrons. The predicted molar refractivity (Wildman–Crippen MR) is 114 cm³/mol. The van der Waals surface area contributed by atoms with Crippen LogP contribution in [0.25, 0.3) is 22.4 Å². The van der Waals surface area contributed by atoms with E-state index in [0.29, 0.717) is 18.2 Å². The summed E-state index contributed by atoms with van der Waals surface area (Å²) >= 11 is 0. The van der Waals surface area contributed by atoms with Crippen molar-refractivity contribution >= 4 is 22.5 Å². The first kappa shape index (κ1) is 18.1. The zero-order valence-electron chi connectivity index (χ0n) is 17.4. The fourth-order valence-corrected chi connectivity index (χ4v) is 5.08. The molecule has 0 aliphatic carbocycles. The van der Waals surface area contributed by atoms with Crippen molar-refractivity contribution in [1.82, 2.24) is 25.0 Å². The van der Waals surface area contributed by atoms with Gasteiger partial charge in [0, 0.05) is 45.0 Å². The summed E-state index contributed by atoms with van der Waals surface area (Å²) in [5.74, 6) is 1.00. The highest BCUT2D eigenvalue weighted by Gasteiger charge is 2.35. The van der Waals surface area contributed by atoms with Crippen LogP contribution in [0.5, 0.6) is 0 Å². The van der Waals surface area contributed by atoms with E-state index in [4.69, 9.17) is 19.6 Å². The van der Waals surface area contributed by atoms with Gasteiger partial charge in [0.2, 0.25) is 0 Å². The third kappa shape index (κ3) is 2.87. The summed E-state index contributed by atoms with van der Waals surface area (Å²) in [5, 5.41) is 12.1. The number of nitrogens with zero attached hydrogens (tertiary/aromatic N) is 6. The van der Waals surface area contributed by atoms with Gasteiger partial charge in [0.1, 0.15) is 28.2 Å². The molecule has 1 N–H and O–H groups in total. The normalized spacial score (nSPS) is 26.7. The SMILES string of the molecule is CC1COCCN1c1cc(N2CC3CCC(C2)O3)nc2c(-c3cc[nH]n3)nn(C)c12. The first-order valence-electron chi connectivity index (χ1n) is 10.8. The number of aromatic amines is 1. The lowest BCUT2D eigenvalue weighted by Crippen LogP contribution is -2.45. The molecule has 2 bridgehead atoms. The highest BCUT2D eigenvalue weighted by atomic mass is 16.5. The fourth-order valence-electron chi connectivity index (χ4n) is 5.08. The summed E-state index contributed by atoms with van der Waals surface area (Å²) in [4.78, 5) is 9.95. The molecular formula is C21H27N7O2. The lowest BCUT2D eigenvalue weighted by Gasteiger charge is -2.37. The molecule has 6 heterocycles. The average molecular weight is 409 g/mol. The maximum atomic E-state index is 6.06. The molecule has 3 aromatic rings. The van der Waals surface area contributed by atoms with E-state index in [9.17, 15) is 0 Å². The number of nitrogens with one attached hydrogen (secondary N) is 1. The van der Waals surface area contributed by atoms with E-state index < -0.39 is 0 Å². The summed E-state index contributed by atoms with van der Waals surface area (Å²) in [7, 11) is 1.99. The van der Waals surface area contributed by atoms with E-state index >= 15 is 0 Å². The average Bonchev–Trinajstić information content (AvgIpc) is 3.47. The number of rotatable bonds is 3. The highest BCUT2D eigenvalue weighted by molar-refractivity contribution is 5.98. The molecule has 6 rings (SSSR count). The smallest absolute Gasteiger partial charge is 0.139 e. The van der Waals surface area contributed by atoms with E-state index in [1.807, 2.05) is 24.0 Å². The molecule has 3 aromatic heterocycles. The van der Waals surface area contributed by atoms with Crippen LogP contribution in [0.1, 0.15) is 19.8 Å². The number of anilines is 2. The van der Waals surface area contributed by atoms with Crippen molar-refractivity contribution in [3.63, 3.8) is 0 Å². The van der Waals surface area contributed by atoms with Gasteiger partial charge in [0.15, 0.2) is 0 Å². The van der Waals surface area contributed by atoms with Crippen LogP contribution < -0.4 is 9.80 Å². The van der Waals surface area contributed by atoms with Crippen molar-refractivity contribution in [2.45, 2.75) is 38.0 Å². The third-order valence-electron chi connectivity index (χ3n) is 6.54. The van der Waals surface area contributed by atoms with Gasteiger partial charge in [-0.25, -0.2) is 4.98 Å². The van der Waals surface area contributed by atoms with Gasteiger partial charge in [0.25, 0.3) is 0 Å². The van der Waals surface area contributed by atoms with Crippen molar-refractivity contribution in [1.29, 1.82) is 0 Å². The number of ether oxygens (including phenoxy) is 2. The Hall–Kier alpha value is -2.65. The fraction of sp³-hybridized carbons (Fsp3) is 0.571. The molecule has 30 heavy (non-hydrogen) atoms. The minimum Gasteiger partial charge on any atom is -0.377 e. The molecule has 0 radical (unpaired) electrons. The Morgan fingerprint density at radius 3 is 2.77 bits per heavy atom. The van der Waals surface area contributed by atoms with Crippen molar-refractivity contribution < 1.29 is 9.47 Å². The van der Waals surface area contributed by atoms with Crippen LogP contribution >= 0.6 is 0 Å². The number of H-pyrrole nitrogens is 1. The van der Waals surface area contributed by atoms with Crippen LogP contribution in [0, 0.1) is 0 Å². The van der Waals surface area contributed by atoms with Gasteiger partial charge in [-0.2, -0.15) is 10.2 Å². The molecule has 3 aliphatic rings. The van der Waals surface area contributed by atoms with Gasteiger partial charge in [-0.1, -0.05) is 0 Å². The van der Waals surface area contributed by atoms with Crippen LogP contribution in [0.3, 0.4) is 0 Å². The number of pyridine rings is 1. The summed E-state index contributed by atoms with van der Waals surface area (Å²) in [5.41, 5.74) is 4.74.